The maximum absolute atomic E-state index is 13.2. The van der Waals surface area contributed by atoms with E-state index in [4.69, 9.17) is 0 Å². The predicted molar refractivity (Wildman–Crippen MR) is 51.8 cm³/mol. The van der Waals surface area contributed by atoms with E-state index in [1.165, 1.54) is 6.92 Å². The molecule has 0 fully saturated rings. The first-order chi connectivity index (χ1) is 6.52. The van der Waals surface area contributed by atoms with Crippen molar-refractivity contribution in [1.29, 1.82) is 0 Å². The molecule has 0 unspecified atom stereocenters. The molecule has 1 heterocycles. The van der Waals surface area contributed by atoms with Crippen molar-refractivity contribution >= 4 is 33.3 Å². The summed E-state index contributed by atoms with van der Waals surface area (Å²) in [5.74, 6) is -1.80. The highest BCUT2D eigenvalue weighted by atomic mass is 79.9. The summed E-state index contributed by atoms with van der Waals surface area (Å²) in [5.41, 5.74) is 0.775. The molecule has 72 valence electrons. The quantitative estimate of drug-likeness (QED) is 0.723. The fourth-order valence-electron chi connectivity index (χ4n) is 1.33. The highest BCUT2D eigenvalue weighted by Gasteiger charge is 2.31. The van der Waals surface area contributed by atoms with Crippen molar-refractivity contribution in [2.24, 2.45) is 0 Å². The van der Waals surface area contributed by atoms with Crippen molar-refractivity contribution in [2.75, 3.05) is 5.32 Å². The van der Waals surface area contributed by atoms with Gasteiger partial charge in [-0.1, -0.05) is 0 Å². The van der Waals surface area contributed by atoms with Crippen molar-refractivity contribution in [3.8, 4) is 0 Å². The van der Waals surface area contributed by atoms with Gasteiger partial charge in [0.25, 0.3) is 11.7 Å². The van der Waals surface area contributed by atoms with Gasteiger partial charge in [0.1, 0.15) is 5.82 Å². The summed E-state index contributed by atoms with van der Waals surface area (Å²) in [6, 6.07) is 1.15. The number of hydrogen-bond acceptors (Lipinski definition) is 2. The summed E-state index contributed by atoms with van der Waals surface area (Å²) in [6.45, 7) is 1.54. The summed E-state index contributed by atoms with van der Waals surface area (Å²) in [6.07, 6.45) is 0. The minimum Gasteiger partial charge on any atom is -0.318 e. The average molecular weight is 258 g/mol. The van der Waals surface area contributed by atoms with E-state index in [1.807, 2.05) is 0 Å². The summed E-state index contributed by atoms with van der Waals surface area (Å²) < 4.78 is 13.5. The zero-order valence-corrected chi connectivity index (χ0v) is 8.74. The van der Waals surface area contributed by atoms with Crippen LogP contribution in [0.2, 0.25) is 0 Å². The first kappa shape index (κ1) is 9.33. The molecule has 0 spiro atoms. The molecule has 1 aromatic rings. The lowest BCUT2D eigenvalue weighted by molar-refractivity contribution is -0.112. The van der Waals surface area contributed by atoms with Gasteiger partial charge in [-0.25, -0.2) is 4.39 Å². The van der Waals surface area contributed by atoms with Gasteiger partial charge in [0.05, 0.1) is 11.3 Å². The standard InChI is InChI=1S/C9H5BrFNO2/c1-3-4(11)2-5-6(7(3)10)8(13)9(14)12-5/h2H,1H3,(H,12,13,14). The van der Waals surface area contributed by atoms with Gasteiger partial charge < -0.3 is 5.32 Å². The lowest BCUT2D eigenvalue weighted by Gasteiger charge is -2.04. The third kappa shape index (κ3) is 1.09. The highest BCUT2D eigenvalue weighted by Crippen LogP contribution is 2.34. The van der Waals surface area contributed by atoms with Crippen LogP contribution in [0.4, 0.5) is 10.1 Å². The van der Waals surface area contributed by atoms with E-state index >= 15 is 0 Å². The summed E-state index contributed by atoms with van der Waals surface area (Å²) >= 11 is 3.10. The first-order valence-corrected chi connectivity index (χ1v) is 4.66. The Kier molecular flexibility index (Phi) is 1.92. The maximum Gasteiger partial charge on any atom is 0.296 e. The second-order valence-corrected chi connectivity index (χ2v) is 3.80. The molecule has 1 aromatic carbocycles. The highest BCUT2D eigenvalue weighted by molar-refractivity contribution is 9.10. The molecule has 0 aromatic heterocycles. The van der Waals surface area contributed by atoms with Gasteiger partial charge >= 0.3 is 0 Å². The molecule has 2 rings (SSSR count). The van der Waals surface area contributed by atoms with Gasteiger partial charge in [-0.05, 0) is 34.5 Å². The SMILES string of the molecule is Cc1c(F)cc2c(c1Br)C(=O)C(=O)N2. The number of anilines is 1. The van der Waals surface area contributed by atoms with E-state index in [2.05, 4.69) is 21.2 Å². The molecule has 5 heteroatoms. The van der Waals surface area contributed by atoms with Crippen LogP contribution < -0.4 is 5.32 Å². The van der Waals surface area contributed by atoms with Crippen LogP contribution in [0.3, 0.4) is 0 Å². The van der Waals surface area contributed by atoms with E-state index in [0.29, 0.717) is 10.0 Å². The van der Waals surface area contributed by atoms with Crippen LogP contribution in [0.5, 0.6) is 0 Å². The summed E-state index contributed by atoms with van der Waals surface area (Å²) in [4.78, 5) is 22.3. The number of nitrogens with one attached hydrogen (secondary N) is 1. The molecule has 1 aliphatic heterocycles. The number of hydrogen-bond donors (Lipinski definition) is 1. The Hall–Kier alpha value is -1.23. The minimum atomic E-state index is -0.717. The van der Waals surface area contributed by atoms with Crippen LogP contribution in [-0.4, -0.2) is 11.7 Å². The topological polar surface area (TPSA) is 46.2 Å². The van der Waals surface area contributed by atoms with Crippen molar-refractivity contribution in [1.82, 2.24) is 0 Å². The number of amides is 1. The van der Waals surface area contributed by atoms with E-state index in [9.17, 15) is 14.0 Å². The zero-order valence-electron chi connectivity index (χ0n) is 7.15. The number of ketones is 1. The first-order valence-electron chi connectivity index (χ1n) is 3.86. The minimum absolute atomic E-state index is 0.217. The molecule has 1 amide bonds. The maximum atomic E-state index is 13.2. The Morgan fingerprint density at radius 2 is 2.07 bits per heavy atom. The van der Waals surface area contributed by atoms with E-state index in [0.717, 1.165) is 6.07 Å². The molecule has 0 saturated heterocycles. The summed E-state index contributed by atoms with van der Waals surface area (Å²) in [7, 11) is 0. The zero-order chi connectivity index (χ0) is 10.5. The fourth-order valence-corrected chi connectivity index (χ4v) is 1.91. The predicted octanol–water partition coefficient (Wildman–Crippen LogP) is 2.03. The molecule has 0 bridgehead atoms. The molecule has 0 aliphatic carbocycles. The third-order valence-corrected chi connectivity index (χ3v) is 3.12. The third-order valence-electron chi connectivity index (χ3n) is 2.13. The molecule has 0 saturated carbocycles. The second-order valence-electron chi connectivity index (χ2n) is 3.00. The number of Topliss-reactive ketones (excluding diaryl/α,β-unsaturated/α-hetero) is 1. The van der Waals surface area contributed by atoms with E-state index in [1.54, 1.807) is 0 Å². The van der Waals surface area contributed by atoms with E-state index in [-0.39, 0.29) is 11.3 Å². The van der Waals surface area contributed by atoms with Crippen molar-refractivity contribution in [2.45, 2.75) is 6.92 Å². The van der Waals surface area contributed by atoms with Crippen LogP contribution in [0, 0.1) is 12.7 Å². The molecule has 0 atom stereocenters. The van der Waals surface area contributed by atoms with Gasteiger partial charge in [-0.2, -0.15) is 0 Å². The van der Waals surface area contributed by atoms with Crippen LogP contribution in [0.15, 0.2) is 10.5 Å². The van der Waals surface area contributed by atoms with Crippen LogP contribution in [0.25, 0.3) is 0 Å². The molecule has 0 radical (unpaired) electrons. The molecular weight excluding hydrogens is 253 g/mol. The number of halogens is 2. The second kappa shape index (κ2) is 2.88. The molecule has 3 nitrogen and oxygen atoms in total. The lowest BCUT2D eigenvalue weighted by atomic mass is 10.1. The number of carbonyl (C=O) groups excluding carboxylic acids is 2. The Morgan fingerprint density at radius 3 is 2.71 bits per heavy atom. The monoisotopic (exact) mass is 257 g/mol. The van der Waals surface area contributed by atoms with Gasteiger partial charge in [0, 0.05) is 4.47 Å². The van der Waals surface area contributed by atoms with Gasteiger partial charge in [0.2, 0.25) is 0 Å². The lowest BCUT2D eigenvalue weighted by Crippen LogP contribution is -2.12. The number of rotatable bonds is 0. The van der Waals surface area contributed by atoms with Gasteiger partial charge in [-0.15, -0.1) is 0 Å². The molecule has 14 heavy (non-hydrogen) atoms. The molecule has 1 aliphatic rings. The Balaban J connectivity index is 2.77. The van der Waals surface area contributed by atoms with Crippen molar-refractivity contribution in [3.05, 3.63) is 27.5 Å². The van der Waals surface area contributed by atoms with Crippen LogP contribution in [0.1, 0.15) is 15.9 Å². The van der Waals surface area contributed by atoms with Gasteiger partial charge in [-0.3, -0.25) is 9.59 Å². The molecular formula is C9H5BrFNO2. The number of fused-ring (bicyclic) bond motifs is 1. The Bertz CT molecular complexity index is 470. The van der Waals surface area contributed by atoms with Crippen molar-refractivity contribution in [3.63, 3.8) is 0 Å². The van der Waals surface area contributed by atoms with E-state index < -0.39 is 17.5 Å². The number of benzene rings is 1. The molecule has 1 N–H and O–H groups in total. The number of carbonyl (C=O) groups is 2. The Morgan fingerprint density at radius 1 is 1.43 bits per heavy atom. The summed E-state index contributed by atoms with van der Waals surface area (Å²) in [5, 5.41) is 2.30. The fraction of sp³-hybridized carbons (Fsp3) is 0.111. The van der Waals surface area contributed by atoms with Gasteiger partial charge in [0.15, 0.2) is 0 Å². The average Bonchev–Trinajstić information content (AvgIpc) is 2.39. The largest absolute Gasteiger partial charge is 0.318 e. The normalized spacial score (nSPS) is 14.2. The van der Waals surface area contributed by atoms with Crippen LogP contribution >= 0.6 is 15.9 Å². The van der Waals surface area contributed by atoms with Crippen molar-refractivity contribution < 1.29 is 14.0 Å². The Labute approximate surface area is 87.4 Å². The van der Waals surface area contributed by atoms with Crippen LogP contribution in [-0.2, 0) is 4.79 Å². The smallest absolute Gasteiger partial charge is 0.296 e.